The van der Waals surface area contributed by atoms with Gasteiger partial charge in [0.2, 0.25) is 0 Å². The molecule has 0 atom stereocenters. The lowest BCUT2D eigenvalue weighted by Crippen LogP contribution is -2.26. The standard InChI is InChI=1S/C15H13NO.C4H5NO3/c1-3-7-13(8-4-1)15(11-12-16-17-15)14-9-5-2-6-10-14;6-4(7)3-1-2-8-5-3/h1-10,12H,11H2;1-2H2,(H,6,7). The van der Waals surface area contributed by atoms with Crippen molar-refractivity contribution in [3.05, 3.63) is 71.8 Å². The summed E-state index contributed by atoms with van der Waals surface area (Å²) in [7, 11) is 0. The van der Waals surface area contributed by atoms with E-state index in [-0.39, 0.29) is 5.71 Å². The number of hydrogen-bond donors (Lipinski definition) is 1. The molecule has 4 rings (SSSR count). The molecular formula is C19H18N2O4. The monoisotopic (exact) mass is 338 g/mol. The molecule has 0 unspecified atom stereocenters. The second-order valence-electron chi connectivity index (χ2n) is 5.57. The highest BCUT2D eigenvalue weighted by molar-refractivity contribution is 6.35. The number of carbonyl (C=O) groups is 1. The maximum atomic E-state index is 9.99. The number of rotatable bonds is 3. The average molecular weight is 338 g/mol. The molecule has 6 heteroatoms. The zero-order valence-corrected chi connectivity index (χ0v) is 13.5. The molecule has 2 aliphatic rings. The maximum Gasteiger partial charge on any atom is 0.353 e. The maximum absolute atomic E-state index is 9.99. The van der Waals surface area contributed by atoms with E-state index in [1.807, 2.05) is 42.6 Å². The van der Waals surface area contributed by atoms with Crippen molar-refractivity contribution < 1.29 is 19.6 Å². The molecule has 2 aromatic carbocycles. The van der Waals surface area contributed by atoms with Crippen molar-refractivity contribution in [3.8, 4) is 0 Å². The summed E-state index contributed by atoms with van der Waals surface area (Å²) in [4.78, 5) is 20.1. The van der Waals surface area contributed by atoms with Gasteiger partial charge in [0, 0.05) is 30.2 Å². The van der Waals surface area contributed by atoms with Gasteiger partial charge in [0.05, 0.1) is 0 Å². The van der Waals surface area contributed by atoms with Crippen LogP contribution in [0.2, 0.25) is 0 Å². The first-order chi connectivity index (χ1) is 12.2. The number of oxime groups is 2. The minimum atomic E-state index is -0.984. The number of aliphatic carboxylic acids is 1. The highest BCUT2D eigenvalue weighted by Crippen LogP contribution is 2.39. The quantitative estimate of drug-likeness (QED) is 0.932. The van der Waals surface area contributed by atoms with Gasteiger partial charge in [-0.05, 0) is 0 Å². The van der Waals surface area contributed by atoms with Crippen molar-refractivity contribution >= 4 is 17.9 Å². The van der Waals surface area contributed by atoms with Gasteiger partial charge in [-0.3, -0.25) is 0 Å². The molecule has 25 heavy (non-hydrogen) atoms. The fraction of sp³-hybridized carbons (Fsp3) is 0.211. The Hall–Kier alpha value is -3.15. The molecule has 0 radical (unpaired) electrons. The first-order valence-electron chi connectivity index (χ1n) is 7.95. The Labute approximate surface area is 145 Å². The molecule has 2 aromatic rings. The van der Waals surface area contributed by atoms with Crippen molar-refractivity contribution in [2.45, 2.75) is 18.4 Å². The number of hydrogen-bond acceptors (Lipinski definition) is 5. The van der Waals surface area contributed by atoms with Crippen LogP contribution in [0.5, 0.6) is 0 Å². The van der Waals surface area contributed by atoms with Gasteiger partial charge in [0.15, 0.2) is 11.3 Å². The average Bonchev–Trinajstić information content (AvgIpc) is 3.37. The predicted molar refractivity (Wildman–Crippen MR) is 93.5 cm³/mol. The van der Waals surface area contributed by atoms with Crippen molar-refractivity contribution in [2.75, 3.05) is 6.61 Å². The van der Waals surface area contributed by atoms with Gasteiger partial charge < -0.3 is 14.8 Å². The second-order valence-corrected chi connectivity index (χ2v) is 5.57. The van der Waals surface area contributed by atoms with Crippen LogP contribution in [0.25, 0.3) is 0 Å². The van der Waals surface area contributed by atoms with Gasteiger partial charge in [-0.25, -0.2) is 4.79 Å². The van der Waals surface area contributed by atoms with E-state index < -0.39 is 11.6 Å². The van der Waals surface area contributed by atoms with E-state index in [1.165, 1.54) is 0 Å². The van der Waals surface area contributed by atoms with Crippen LogP contribution in [-0.2, 0) is 20.1 Å². The van der Waals surface area contributed by atoms with E-state index in [2.05, 4.69) is 39.4 Å². The molecule has 0 spiro atoms. The molecule has 6 nitrogen and oxygen atoms in total. The Morgan fingerprint density at radius 2 is 1.60 bits per heavy atom. The Morgan fingerprint density at radius 3 is 1.96 bits per heavy atom. The van der Waals surface area contributed by atoms with Gasteiger partial charge in [-0.1, -0.05) is 71.0 Å². The minimum Gasteiger partial charge on any atom is -0.477 e. The first kappa shape index (κ1) is 16.7. The molecule has 128 valence electrons. The van der Waals surface area contributed by atoms with Gasteiger partial charge >= 0.3 is 5.97 Å². The van der Waals surface area contributed by atoms with Gasteiger partial charge in [0.1, 0.15) is 6.61 Å². The Morgan fingerprint density at radius 1 is 1.00 bits per heavy atom. The summed E-state index contributed by atoms with van der Waals surface area (Å²) in [6.07, 6.45) is 3.04. The van der Waals surface area contributed by atoms with Crippen molar-refractivity contribution in [3.63, 3.8) is 0 Å². The smallest absolute Gasteiger partial charge is 0.353 e. The SMILES string of the molecule is C1=NOC(c2ccccc2)(c2ccccc2)C1.O=C(O)C1=NOCC1. The summed E-state index contributed by atoms with van der Waals surface area (Å²) >= 11 is 0. The van der Waals surface area contributed by atoms with Gasteiger partial charge in [-0.2, -0.15) is 0 Å². The number of carboxylic acids is 1. The van der Waals surface area contributed by atoms with E-state index in [0.717, 1.165) is 17.5 Å². The van der Waals surface area contributed by atoms with Crippen LogP contribution >= 0.6 is 0 Å². The van der Waals surface area contributed by atoms with Gasteiger partial charge in [-0.15, -0.1) is 0 Å². The van der Waals surface area contributed by atoms with Crippen molar-refractivity contribution in [2.24, 2.45) is 10.3 Å². The molecule has 0 amide bonds. The molecule has 0 saturated carbocycles. The molecule has 2 heterocycles. The van der Waals surface area contributed by atoms with Crippen LogP contribution in [0.1, 0.15) is 24.0 Å². The van der Waals surface area contributed by atoms with Crippen LogP contribution in [0, 0.1) is 0 Å². The van der Waals surface area contributed by atoms with Crippen LogP contribution in [0.3, 0.4) is 0 Å². The van der Waals surface area contributed by atoms with Crippen LogP contribution in [0.15, 0.2) is 71.0 Å². The molecule has 2 aliphatic heterocycles. The van der Waals surface area contributed by atoms with Crippen molar-refractivity contribution in [1.29, 1.82) is 0 Å². The number of nitrogens with zero attached hydrogens (tertiary/aromatic N) is 2. The normalized spacial score (nSPS) is 16.9. The Balaban J connectivity index is 0.000000192. The molecule has 0 saturated heterocycles. The minimum absolute atomic E-state index is 0.116. The summed E-state index contributed by atoms with van der Waals surface area (Å²) in [5.74, 6) is -0.984. The largest absolute Gasteiger partial charge is 0.477 e. The molecular weight excluding hydrogens is 320 g/mol. The zero-order valence-electron chi connectivity index (χ0n) is 13.5. The third-order valence-corrected chi connectivity index (χ3v) is 3.99. The molecule has 0 aromatic heterocycles. The number of carboxylic acid groups (broad SMARTS) is 1. The first-order valence-corrected chi connectivity index (χ1v) is 7.95. The summed E-state index contributed by atoms with van der Waals surface area (Å²) in [5, 5.41) is 15.4. The van der Waals surface area contributed by atoms with E-state index in [9.17, 15) is 4.79 Å². The lowest BCUT2D eigenvalue weighted by atomic mass is 9.84. The molecule has 0 bridgehead atoms. The van der Waals surface area contributed by atoms with Crippen LogP contribution < -0.4 is 0 Å². The van der Waals surface area contributed by atoms with E-state index in [0.29, 0.717) is 13.0 Å². The second kappa shape index (κ2) is 7.61. The topological polar surface area (TPSA) is 80.5 Å². The fourth-order valence-corrected chi connectivity index (χ4v) is 2.71. The third-order valence-electron chi connectivity index (χ3n) is 3.99. The lowest BCUT2D eigenvalue weighted by Gasteiger charge is -2.27. The fourth-order valence-electron chi connectivity index (χ4n) is 2.71. The highest BCUT2D eigenvalue weighted by atomic mass is 16.7. The Kier molecular flexibility index (Phi) is 5.09. The van der Waals surface area contributed by atoms with Crippen LogP contribution in [-0.4, -0.2) is 29.6 Å². The van der Waals surface area contributed by atoms with Crippen LogP contribution in [0.4, 0.5) is 0 Å². The Bertz CT molecular complexity index is 723. The summed E-state index contributed by atoms with van der Waals surface area (Å²) in [5.41, 5.74) is 1.96. The predicted octanol–water partition coefficient (Wildman–Crippen LogP) is 3.18. The number of benzene rings is 2. The molecule has 0 aliphatic carbocycles. The molecule has 0 fully saturated rings. The van der Waals surface area contributed by atoms with E-state index >= 15 is 0 Å². The van der Waals surface area contributed by atoms with Gasteiger partial charge in [0.25, 0.3) is 0 Å². The highest BCUT2D eigenvalue weighted by Gasteiger charge is 2.39. The summed E-state index contributed by atoms with van der Waals surface area (Å²) < 4.78 is 0. The summed E-state index contributed by atoms with van der Waals surface area (Å²) in [6, 6.07) is 20.5. The van der Waals surface area contributed by atoms with E-state index in [4.69, 9.17) is 9.94 Å². The van der Waals surface area contributed by atoms with E-state index in [1.54, 1.807) is 0 Å². The molecule has 1 N–H and O–H groups in total. The lowest BCUT2D eigenvalue weighted by molar-refractivity contribution is -0.129. The third kappa shape index (κ3) is 3.68. The van der Waals surface area contributed by atoms with Crippen molar-refractivity contribution in [1.82, 2.24) is 0 Å². The summed E-state index contributed by atoms with van der Waals surface area (Å²) in [6.45, 7) is 0.404. The zero-order chi connectivity index (χ0) is 17.5.